The van der Waals surface area contributed by atoms with Gasteiger partial charge in [0.1, 0.15) is 5.75 Å². The van der Waals surface area contributed by atoms with E-state index in [1.807, 2.05) is 30.3 Å². The van der Waals surface area contributed by atoms with Crippen molar-refractivity contribution in [2.75, 3.05) is 7.11 Å². The Hall–Kier alpha value is -0.890. The maximum atomic E-state index is 6.41. The Bertz CT molecular complexity index is 554. The molecule has 2 rings (SSSR count). The summed E-state index contributed by atoms with van der Waals surface area (Å²) in [5.41, 5.74) is 1.84. The van der Waals surface area contributed by atoms with E-state index in [-0.39, 0.29) is 5.38 Å². The summed E-state index contributed by atoms with van der Waals surface area (Å²) in [7, 11) is 1.58. The molecule has 0 saturated heterocycles. The molecule has 0 aromatic heterocycles. The maximum Gasteiger partial charge on any atom is 0.137 e. The second-order valence-electron chi connectivity index (χ2n) is 3.81. The minimum atomic E-state index is -0.285. The Morgan fingerprint density at radius 1 is 1.00 bits per heavy atom. The smallest absolute Gasteiger partial charge is 0.137 e. The van der Waals surface area contributed by atoms with Crippen molar-refractivity contribution in [3.63, 3.8) is 0 Å². The molecule has 18 heavy (non-hydrogen) atoms. The Kier molecular flexibility index (Phi) is 4.39. The van der Waals surface area contributed by atoms with Crippen molar-refractivity contribution in [1.29, 1.82) is 0 Å². The molecule has 0 fully saturated rings. The number of alkyl halides is 1. The van der Waals surface area contributed by atoms with Gasteiger partial charge in [0, 0.05) is 5.02 Å². The fourth-order valence-corrected chi connectivity index (χ4v) is 2.43. The predicted octanol–water partition coefficient (Wildman–Crippen LogP) is 5.33. The first-order valence-corrected chi connectivity index (χ1v) is 6.54. The van der Waals surface area contributed by atoms with Gasteiger partial charge >= 0.3 is 0 Å². The standard InChI is InChI=1S/C14H11Cl3O/c1-18-13-6-5-10(8-12(13)16)14(17)9-3-2-4-11(15)7-9/h2-8,14H,1H3. The molecule has 0 saturated carbocycles. The SMILES string of the molecule is COc1ccc(C(Cl)c2cccc(Cl)c2)cc1Cl. The van der Waals surface area contributed by atoms with Crippen LogP contribution in [0.5, 0.6) is 5.75 Å². The van der Waals surface area contributed by atoms with E-state index in [4.69, 9.17) is 39.5 Å². The summed E-state index contributed by atoms with van der Waals surface area (Å²) >= 11 is 18.4. The largest absolute Gasteiger partial charge is 0.495 e. The van der Waals surface area contributed by atoms with Gasteiger partial charge in [0.25, 0.3) is 0 Å². The highest BCUT2D eigenvalue weighted by Gasteiger charge is 2.13. The van der Waals surface area contributed by atoms with Crippen LogP contribution < -0.4 is 4.74 Å². The van der Waals surface area contributed by atoms with E-state index < -0.39 is 0 Å². The summed E-state index contributed by atoms with van der Waals surface area (Å²) in [5.74, 6) is 0.635. The van der Waals surface area contributed by atoms with E-state index in [9.17, 15) is 0 Å². The minimum Gasteiger partial charge on any atom is -0.495 e. The molecular weight excluding hydrogens is 291 g/mol. The molecular formula is C14H11Cl3O. The number of rotatable bonds is 3. The monoisotopic (exact) mass is 300 g/mol. The lowest BCUT2D eigenvalue weighted by Gasteiger charge is -2.12. The van der Waals surface area contributed by atoms with E-state index in [2.05, 4.69) is 0 Å². The topological polar surface area (TPSA) is 9.23 Å². The quantitative estimate of drug-likeness (QED) is 0.696. The van der Waals surface area contributed by atoms with Gasteiger partial charge in [-0.15, -0.1) is 11.6 Å². The van der Waals surface area contributed by atoms with Crippen LogP contribution in [0.2, 0.25) is 10.0 Å². The lowest BCUT2D eigenvalue weighted by atomic mass is 10.0. The summed E-state index contributed by atoms with van der Waals surface area (Å²) in [4.78, 5) is 0. The number of ether oxygens (including phenoxy) is 1. The molecule has 2 aromatic rings. The average molecular weight is 302 g/mol. The van der Waals surface area contributed by atoms with Gasteiger partial charge in [0.05, 0.1) is 17.5 Å². The predicted molar refractivity (Wildman–Crippen MR) is 77.2 cm³/mol. The molecule has 94 valence electrons. The molecule has 1 unspecified atom stereocenters. The summed E-state index contributed by atoms with van der Waals surface area (Å²) in [6, 6.07) is 13.0. The Morgan fingerprint density at radius 3 is 2.33 bits per heavy atom. The second kappa shape index (κ2) is 5.83. The molecule has 0 aliphatic heterocycles. The van der Waals surface area contributed by atoms with Crippen LogP contribution in [0.4, 0.5) is 0 Å². The van der Waals surface area contributed by atoms with Gasteiger partial charge in [-0.05, 0) is 35.4 Å². The third-order valence-corrected chi connectivity index (χ3v) is 3.64. The van der Waals surface area contributed by atoms with Crippen molar-refractivity contribution in [2.24, 2.45) is 0 Å². The van der Waals surface area contributed by atoms with Crippen LogP contribution >= 0.6 is 34.8 Å². The molecule has 0 radical (unpaired) electrons. The summed E-state index contributed by atoms with van der Waals surface area (Å²) in [6.45, 7) is 0. The number of hydrogen-bond acceptors (Lipinski definition) is 1. The zero-order valence-corrected chi connectivity index (χ0v) is 11.9. The molecule has 0 spiro atoms. The van der Waals surface area contributed by atoms with Crippen molar-refractivity contribution in [2.45, 2.75) is 5.38 Å². The highest BCUT2D eigenvalue weighted by atomic mass is 35.5. The molecule has 0 heterocycles. The normalized spacial score (nSPS) is 12.2. The Morgan fingerprint density at radius 2 is 1.72 bits per heavy atom. The highest BCUT2D eigenvalue weighted by Crippen LogP contribution is 2.34. The molecule has 0 aliphatic rings. The summed E-state index contributed by atoms with van der Waals surface area (Å²) < 4.78 is 5.11. The molecule has 0 N–H and O–H groups in total. The zero-order valence-electron chi connectivity index (χ0n) is 9.66. The number of benzene rings is 2. The van der Waals surface area contributed by atoms with Crippen LogP contribution in [0.15, 0.2) is 42.5 Å². The number of methoxy groups -OCH3 is 1. The Balaban J connectivity index is 2.34. The molecule has 0 bridgehead atoms. The van der Waals surface area contributed by atoms with Crippen LogP contribution in [0.25, 0.3) is 0 Å². The third kappa shape index (κ3) is 2.92. The van der Waals surface area contributed by atoms with Gasteiger partial charge in [-0.25, -0.2) is 0 Å². The number of hydrogen-bond donors (Lipinski definition) is 0. The first kappa shape index (κ1) is 13.5. The average Bonchev–Trinajstić information content (AvgIpc) is 2.37. The van der Waals surface area contributed by atoms with Gasteiger partial charge in [-0.3, -0.25) is 0 Å². The molecule has 0 amide bonds. The van der Waals surface area contributed by atoms with Gasteiger partial charge in [0.2, 0.25) is 0 Å². The lowest BCUT2D eigenvalue weighted by Crippen LogP contribution is -1.94. The molecule has 2 aromatic carbocycles. The third-order valence-electron chi connectivity index (χ3n) is 2.61. The van der Waals surface area contributed by atoms with E-state index in [0.29, 0.717) is 15.8 Å². The fourth-order valence-electron chi connectivity index (χ4n) is 1.70. The molecule has 0 aliphatic carbocycles. The van der Waals surface area contributed by atoms with E-state index in [1.54, 1.807) is 19.2 Å². The van der Waals surface area contributed by atoms with Crippen LogP contribution in [0.1, 0.15) is 16.5 Å². The van der Waals surface area contributed by atoms with Gasteiger partial charge in [-0.1, -0.05) is 41.4 Å². The van der Waals surface area contributed by atoms with Gasteiger partial charge < -0.3 is 4.74 Å². The molecule has 1 nitrogen and oxygen atoms in total. The maximum absolute atomic E-state index is 6.41. The first-order valence-electron chi connectivity index (χ1n) is 5.35. The van der Waals surface area contributed by atoms with E-state index >= 15 is 0 Å². The van der Waals surface area contributed by atoms with Crippen LogP contribution in [0.3, 0.4) is 0 Å². The molecule has 1 atom stereocenters. The van der Waals surface area contributed by atoms with E-state index in [1.165, 1.54) is 0 Å². The minimum absolute atomic E-state index is 0.285. The lowest BCUT2D eigenvalue weighted by molar-refractivity contribution is 0.415. The first-order chi connectivity index (χ1) is 8.61. The van der Waals surface area contributed by atoms with Crippen LogP contribution in [-0.2, 0) is 0 Å². The molecule has 4 heteroatoms. The number of halogens is 3. The van der Waals surface area contributed by atoms with Crippen molar-refractivity contribution in [3.8, 4) is 5.75 Å². The van der Waals surface area contributed by atoms with Gasteiger partial charge in [-0.2, -0.15) is 0 Å². The van der Waals surface area contributed by atoms with Crippen LogP contribution in [0, 0.1) is 0 Å². The van der Waals surface area contributed by atoms with Crippen molar-refractivity contribution in [3.05, 3.63) is 63.6 Å². The van der Waals surface area contributed by atoms with Crippen molar-refractivity contribution >= 4 is 34.8 Å². The van der Waals surface area contributed by atoms with E-state index in [0.717, 1.165) is 11.1 Å². The van der Waals surface area contributed by atoms with Crippen molar-refractivity contribution < 1.29 is 4.74 Å². The summed E-state index contributed by atoms with van der Waals surface area (Å²) in [5, 5.41) is 0.924. The second-order valence-corrected chi connectivity index (χ2v) is 5.09. The Labute approximate surface area is 121 Å². The fraction of sp³-hybridized carbons (Fsp3) is 0.143. The zero-order chi connectivity index (χ0) is 13.1. The summed E-state index contributed by atoms with van der Waals surface area (Å²) in [6.07, 6.45) is 0. The highest BCUT2D eigenvalue weighted by molar-refractivity contribution is 6.32. The van der Waals surface area contributed by atoms with Gasteiger partial charge in [0.15, 0.2) is 0 Å². The van der Waals surface area contributed by atoms with Crippen molar-refractivity contribution in [1.82, 2.24) is 0 Å². The van der Waals surface area contributed by atoms with Crippen LogP contribution in [-0.4, -0.2) is 7.11 Å².